The number of carbonyl (C=O) groups is 1. The molecule has 5 heteroatoms. The monoisotopic (exact) mass is 329 g/mol. The number of rotatable bonds is 4. The number of aryl methyl sites for hydroxylation is 1. The maximum absolute atomic E-state index is 12.4. The molecule has 1 aromatic carbocycles. The number of nitrogens with one attached hydrogen (secondary N) is 1. The molecule has 0 atom stereocenters. The highest BCUT2D eigenvalue weighted by molar-refractivity contribution is 7.13. The maximum atomic E-state index is 12.4. The SMILES string of the molecule is CNC1CCN(C(=O)Cc2csc(-c3ccc(C)cc3)n2)CC1. The molecule has 1 amide bonds. The number of aromatic nitrogens is 1. The highest BCUT2D eigenvalue weighted by Gasteiger charge is 2.22. The van der Waals surface area contributed by atoms with E-state index in [0.717, 1.165) is 42.2 Å². The van der Waals surface area contributed by atoms with Crippen molar-refractivity contribution in [2.75, 3.05) is 20.1 Å². The minimum absolute atomic E-state index is 0.195. The summed E-state index contributed by atoms with van der Waals surface area (Å²) in [4.78, 5) is 19.0. The highest BCUT2D eigenvalue weighted by Crippen LogP contribution is 2.24. The Labute approximate surface area is 141 Å². The number of benzene rings is 1. The first-order valence-electron chi connectivity index (χ1n) is 8.12. The molecule has 3 rings (SSSR count). The van der Waals surface area contributed by atoms with Crippen LogP contribution in [0.4, 0.5) is 0 Å². The van der Waals surface area contributed by atoms with Crippen molar-refractivity contribution in [3.63, 3.8) is 0 Å². The molecule has 122 valence electrons. The van der Waals surface area contributed by atoms with Crippen molar-refractivity contribution in [1.82, 2.24) is 15.2 Å². The van der Waals surface area contributed by atoms with E-state index in [2.05, 4.69) is 41.5 Å². The maximum Gasteiger partial charge on any atom is 0.228 e. The molecule has 1 saturated heterocycles. The number of nitrogens with zero attached hydrogens (tertiary/aromatic N) is 2. The average molecular weight is 329 g/mol. The van der Waals surface area contributed by atoms with Gasteiger partial charge in [0.05, 0.1) is 12.1 Å². The number of hydrogen-bond acceptors (Lipinski definition) is 4. The zero-order valence-electron chi connectivity index (χ0n) is 13.7. The van der Waals surface area contributed by atoms with Crippen LogP contribution in [0, 0.1) is 6.92 Å². The molecule has 0 aliphatic carbocycles. The number of carbonyl (C=O) groups excluding carboxylic acids is 1. The zero-order chi connectivity index (χ0) is 16.2. The lowest BCUT2D eigenvalue weighted by atomic mass is 10.0. The number of piperidine rings is 1. The summed E-state index contributed by atoms with van der Waals surface area (Å²) in [6.07, 6.45) is 2.48. The van der Waals surface area contributed by atoms with Crippen LogP contribution in [0.25, 0.3) is 10.6 Å². The van der Waals surface area contributed by atoms with E-state index in [1.54, 1.807) is 11.3 Å². The Hall–Kier alpha value is -1.72. The van der Waals surface area contributed by atoms with Gasteiger partial charge in [-0.25, -0.2) is 4.98 Å². The van der Waals surface area contributed by atoms with Gasteiger partial charge < -0.3 is 10.2 Å². The van der Waals surface area contributed by atoms with Crippen molar-refractivity contribution in [3.8, 4) is 10.6 Å². The molecule has 0 bridgehead atoms. The van der Waals surface area contributed by atoms with Crippen molar-refractivity contribution in [2.24, 2.45) is 0 Å². The van der Waals surface area contributed by atoms with Gasteiger partial charge in [0.15, 0.2) is 0 Å². The predicted molar refractivity (Wildman–Crippen MR) is 94.7 cm³/mol. The van der Waals surface area contributed by atoms with E-state index in [1.807, 2.05) is 17.3 Å². The molecule has 1 aromatic heterocycles. The fraction of sp³-hybridized carbons (Fsp3) is 0.444. The van der Waals surface area contributed by atoms with Crippen molar-refractivity contribution in [1.29, 1.82) is 0 Å². The molecule has 1 aliphatic heterocycles. The summed E-state index contributed by atoms with van der Waals surface area (Å²) in [5, 5.41) is 6.28. The fourth-order valence-corrected chi connectivity index (χ4v) is 3.73. The Bertz CT molecular complexity index is 657. The molecular weight excluding hydrogens is 306 g/mol. The van der Waals surface area contributed by atoms with Gasteiger partial charge in [-0.1, -0.05) is 29.8 Å². The minimum Gasteiger partial charge on any atom is -0.342 e. The summed E-state index contributed by atoms with van der Waals surface area (Å²) in [5.74, 6) is 0.195. The third-order valence-corrected chi connectivity index (χ3v) is 5.38. The summed E-state index contributed by atoms with van der Waals surface area (Å²) in [5.41, 5.74) is 3.24. The molecule has 2 aromatic rings. The molecule has 0 radical (unpaired) electrons. The first kappa shape index (κ1) is 16.1. The fourth-order valence-electron chi connectivity index (χ4n) is 2.90. The van der Waals surface area contributed by atoms with E-state index in [0.29, 0.717) is 12.5 Å². The van der Waals surface area contributed by atoms with Crippen molar-refractivity contribution >= 4 is 17.2 Å². The molecule has 23 heavy (non-hydrogen) atoms. The Balaban J connectivity index is 1.60. The second kappa shape index (κ2) is 7.23. The van der Waals surface area contributed by atoms with Gasteiger partial charge in [-0.15, -0.1) is 11.3 Å². The summed E-state index contributed by atoms with van der Waals surface area (Å²) in [6, 6.07) is 8.90. The van der Waals surface area contributed by atoms with Crippen LogP contribution in [0.1, 0.15) is 24.1 Å². The predicted octanol–water partition coefficient (Wildman–Crippen LogP) is 2.87. The number of thiazole rings is 1. The average Bonchev–Trinajstić information content (AvgIpc) is 3.04. The van der Waals surface area contributed by atoms with Gasteiger partial charge in [-0.2, -0.15) is 0 Å². The molecule has 0 unspecified atom stereocenters. The van der Waals surface area contributed by atoms with Crippen LogP contribution in [0.5, 0.6) is 0 Å². The van der Waals surface area contributed by atoms with Gasteiger partial charge in [0.2, 0.25) is 5.91 Å². The summed E-state index contributed by atoms with van der Waals surface area (Å²) >= 11 is 1.61. The van der Waals surface area contributed by atoms with E-state index in [9.17, 15) is 4.79 Å². The first-order chi connectivity index (χ1) is 11.2. The Morgan fingerprint density at radius 2 is 2.00 bits per heavy atom. The van der Waals surface area contributed by atoms with Crippen LogP contribution >= 0.6 is 11.3 Å². The first-order valence-corrected chi connectivity index (χ1v) is 9.00. The zero-order valence-corrected chi connectivity index (χ0v) is 14.5. The summed E-state index contributed by atoms with van der Waals surface area (Å²) in [7, 11) is 1.99. The smallest absolute Gasteiger partial charge is 0.228 e. The number of likely N-dealkylation sites (tertiary alicyclic amines) is 1. The Kier molecular flexibility index (Phi) is 5.08. The van der Waals surface area contributed by atoms with Gasteiger partial charge >= 0.3 is 0 Å². The second-order valence-corrected chi connectivity index (χ2v) is 6.99. The lowest BCUT2D eigenvalue weighted by molar-refractivity contribution is -0.131. The second-order valence-electron chi connectivity index (χ2n) is 6.13. The van der Waals surface area contributed by atoms with Crippen LogP contribution in [0.3, 0.4) is 0 Å². The van der Waals surface area contributed by atoms with Crippen LogP contribution in [-0.4, -0.2) is 42.0 Å². The van der Waals surface area contributed by atoms with E-state index in [1.165, 1.54) is 5.56 Å². The summed E-state index contributed by atoms with van der Waals surface area (Å²) < 4.78 is 0. The topological polar surface area (TPSA) is 45.2 Å². The highest BCUT2D eigenvalue weighted by atomic mass is 32.1. The molecule has 1 fully saturated rings. The molecular formula is C18H23N3OS. The van der Waals surface area contributed by atoms with Gasteiger partial charge in [0, 0.05) is 30.1 Å². The lowest BCUT2D eigenvalue weighted by Gasteiger charge is -2.31. The van der Waals surface area contributed by atoms with Crippen LogP contribution in [0.2, 0.25) is 0 Å². The van der Waals surface area contributed by atoms with Crippen molar-refractivity contribution < 1.29 is 4.79 Å². The third-order valence-electron chi connectivity index (χ3n) is 4.44. The van der Waals surface area contributed by atoms with Gasteiger partial charge in [-0.05, 0) is 26.8 Å². The van der Waals surface area contributed by atoms with E-state index < -0.39 is 0 Å². The number of hydrogen-bond donors (Lipinski definition) is 1. The largest absolute Gasteiger partial charge is 0.342 e. The standard InChI is InChI=1S/C18H23N3OS/c1-13-3-5-14(6-4-13)18-20-16(12-23-18)11-17(22)21-9-7-15(19-2)8-10-21/h3-6,12,15,19H,7-11H2,1-2H3. The summed E-state index contributed by atoms with van der Waals surface area (Å²) in [6.45, 7) is 3.77. The van der Waals surface area contributed by atoms with Crippen LogP contribution in [0.15, 0.2) is 29.6 Å². The third kappa shape index (κ3) is 3.98. The molecule has 0 saturated carbocycles. The van der Waals surface area contributed by atoms with Gasteiger partial charge in [-0.3, -0.25) is 4.79 Å². The van der Waals surface area contributed by atoms with Crippen LogP contribution in [-0.2, 0) is 11.2 Å². The van der Waals surface area contributed by atoms with Crippen molar-refractivity contribution in [3.05, 3.63) is 40.9 Å². The Morgan fingerprint density at radius 3 is 2.65 bits per heavy atom. The van der Waals surface area contributed by atoms with E-state index in [4.69, 9.17) is 0 Å². The van der Waals surface area contributed by atoms with Crippen molar-refractivity contribution in [2.45, 2.75) is 32.2 Å². The lowest BCUT2D eigenvalue weighted by Crippen LogP contribution is -2.44. The molecule has 1 N–H and O–H groups in total. The van der Waals surface area contributed by atoms with Gasteiger partial charge in [0.25, 0.3) is 0 Å². The Morgan fingerprint density at radius 1 is 1.30 bits per heavy atom. The molecule has 2 heterocycles. The van der Waals surface area contributed by atoms with E-state index in [-0.39, 0.29) is 5.91 Å². The van der Waals surface area contributed by atoms with Crippen LogP contribution < -0.4 is 5.32 Å². The molecule has 4 nitrogen and oxygen atoms in total. The minimum atomic E-state index is 0.195. The molecule has 0 spiro atoms. The van der Waals surface area contributed by atoms with Gasteiger partial charge in [0.1, 0.15) is 5.01 Å². The quantitative estimate of drug-likeness (QED) is 0.938. The molecule has 1 aliphatic rings. The number of amides is 1. The normalized spacial score (nSPS) is 15.8. The van der Waals surface area contributed by atoms with E-state index >= 15 is 0 Å².